The van der Waals surface area contributed by atoms with Crippen molar-refractivity contribution >= 4 is 27.4 Å². The highest BCUT2D eigenvalue weighted by Gasteiger charge is 1.96. The van der Waals surface area contributed by atoms with Gasteiger partial charge in [0.25, 0.3) is 0 Å². The smallest absolute Gasteiger partial charge is 0.130 e. The lowest BCUT2D eigenvalue weighted by Crippen LogP contribution is -1.98. The highest BCUT2D eigenvalue weighted by atomic mass is 79.9. The second-order valence-electron chi connectivity index (χ2n) is 3.39. The number of nitrogens with two attached hydrogens (primary N) is 1. The van der Waals surface area contributed by atoms with E-state index >= 15 is 0 Å². The highest BCUT2D eigenvalue weighted by Crippen LogP contribution is 2.19. The van der Waals surface area contributed by atoms with Crippen LogP contribution in [0.5, 0.6) is 0 Å². The van der Waals surface area contributed by atoms with Crippen molar-refractivity contribution in [2.45, 2.75) is 6.54 Å². The van der Waals surface area contributed by atoms with Crippen molar-refractivity contribution in [3.05, 3.63) is 52.6 Å². The van der Waals surface area contributed by atoms with Crippen molar-refractivity contribution < 1.29 is 0 Å². The number of benzene rings is 1. The van der Waals surface area contributed by atoms with E-state index in [1.165, 1.54) is 0 Å². The van der Waals surface area contributed by atoms with Crippen molar-refractivity contribution in [3.8, 4) is 0 Å². The molecule has 82 valence electrons. The number of rotatable bonds is 3. The van der Waals surface area contributed by atoms with Gasteiger partial charge in [-0.3, -0.25) is 0 Å². The topological polar surface area (TPSA) is 50.9 Å². The predicted molar refractivity (Wildman–Crippen MR) is 69.6 cm³/mol. The number of anilines is 2. The van der Waals surface area contributed by atoms with E-state index in [9.17, 15) is 0 Å². The minimum Gasteiger partial charge on any atom is -0.340 e. The molecule has 1 heterocycles. The van der Waals surface area contributed by atoms with Crippen LogP contribution in [-0.2, 0) is 6.54 Å². The van der Waals surface area contributed by atoms with Gasteiger partial charge in [0.2, 0.25) is 0 Å². The molecule has 0 aliphatic carbocycles. The molecular formula is C12H12BrN3. The number of hydrogen-bond acceptors (Lipinski definition) is 3. The first kappa shape index (κ1) is 11.1. The van der Waals surface area contributed by atoms with Gasteiger partial charge in [-0.25, -0.2) is 4.98 Å². The van der Waals surface area contributed by atoms with Crippen molar-refractivity contribution in [1.82, 2.24) is 4.98 Å². The number of nitrogens with one attached hydrogen (secondary N) is 1. The number of nitrogens with zero attached hydrogens (tertiary/aromatic N) is 1. The Bertz CT molecular complexity index is 468. The Hall–Kier alpha value is -1.39. The summed E-state index contributed by atoms with van der Waals surface area (Å²) in [5, 5.41) is 3.21. The Labute approximate surface area is 103 Å². The van der Waals surface area contributed by atoms with Gasteiger partial charge >= 0.3 is 0 Å². The Morgan fingerprint density at radius 2 is 2.12 bits per heavy atom. The van der Waals surface area contributed by atoms with Gasteiger partial charge < -0.3 is 11.1 Å². The van der Waals surface area contributed by atoms with Crippen molar-refractivity contribution in [3.63, 3.8) is 0 Å². The maximum absolute atomic E-state index is 5.51. The maximum atomic E-state index is 5.51. The van der Waals surface area contributed by atoms with Gasteiger partial charge in [-0.1, -0.05) is 28.1 Å². The molecule has 4 heteroatoms. The lowest BCUT2D eigenvalue weighted by atomic mass is 10.3. The van der Waals surface area contributed by atoms with Crippen LogP contribution in [0, 0.1) is 0 Å². The van der Waals surface area contributed by atoms with Crippen LogP contribution in [-0.4, -0.2) is 4.98 Å². The molecule has 0 amide bonds. The third-order valence-electron chi connectivity index (χ3n) is 2.16. The third-order valence-corrected chi connectivity index (χ3v) is 2.65. The summed E-state index contributed by atoms with van der Waals surface area (Å²) in [4.78, 5) is 4.27. The number of pyridine rings is 1. The Morgan fingerprint density at radius 1 is 1.25 bits per heavy atom. The molecule has 0 aliphatic heterocycles. The number of halogens is 1. The van der Waals surface area contributed by atoms with E-state index in [4.69, 9.17) is 5.73 Å². The van der Waals surface area contributed by atoms with Gasteiger partial charge in [-0.2, -0.15) is 0 Å². The molecule has 0 saturated carbocycles. The molecular weight excluding hydrogens is 266 g/mol. The molecule has 1 aromatic carbocycles. The van der Waals surface area contributed by atoms with Gasteiger partial charge in [0.15, 0.2) is 0 Å². The van der Waals surface area contributed by atoms with Gasteiger partial charge in [-0.05, 0) is 29.8 Å². The Morgan fingerprint density at radius 3 is 2.75 bits per heavy atom. The average Bonchev–Trinajstić information content (AvgIpc) is 2.30. The second-order valence-corrected chi connectivity index (χ2v) is 4.31. The molecule has 0 spiro atoms. The second kappa shape index (κ2) is 5.09. The standard InChI is InChI=1S/C12H12BrN3/c13-10-2-1-3-11(6-10)16-12-5-4-9(7-14)8-15-12/h1-6,8H,7,14H2,(H,15,16). The number of hydrogen-bond donors (Lipinski definition) is 2. The molecule has 0 fully saturated rings. The fraction of sp³-hybridized carbons (Fsp3) is 0.0833. The molecule has 0 unspecified atom stereocenters. The fourth-order valence-electron chi connectivity index (χ4n) is 1.33. The molecule has 0 radical (unpaired) electrons. The first-order valence-electron chi connectivity index (χ1n) is 4.95. The minimum atomic E-state index is 0.518. The third kappa shape index (κ3) is 2.81. The highest BCUT2D eigenvalue weighted by molar-refractivity contribution is 9.10. The maximum Gasteiger partial charge on any atom is 0.130 e. The summed E-state index contributed by atoms with van der Waals surface area (Å²) in [6.45, 7) is 0.518. The van der Waals surface area contributed by atoms with Crippen LogP contribution in [0.15, 0.2) is 47.1 Å². The summed E-state index contributed by atoms with van der Waals surface area (Å²) in [5.41, 5.74) is 7.54. The molecule has 1 aromatic heterocycles. The zero-order valence-corrected chi connectivity index (χ0v) is 10.2. The van der Waals surface area contributed by atoms with Crippen molar-refractivity contribution in [1.29, 1.82) is 0 Å². The molecule has 0 saturated heterocycles. The van der Waals surface area contributed by atoms with E-state index in [2.05, 4.69) is 26.2 Å². The van der Waals surface area contributed by atoms with Crippen molar-refractivity contribution in [2.75, 3.05) is 5.32 Å². The lowest BCUT2D eigenvalue weighted by molar-refractivity contribution is 1.05. The summed E-state index contributed by atoms with van der Waals surface area (Å²) in [5.74, 6) is 0.815. The molecule has 3 nitrogen and oxygen atoms in total. The summed E-state index contributed by atoms with van der Waals surface area (Å²) < 4.78 is 1.04. The lowest BCUT2D eigenvalue weighted by Gasteiger charge is -2.06. The normalized spacial score (nSPS) is 10.1. The van der Waals surface area contributed by atoms with Gasteiger partial charge in [-0.15, -0.1) is 0 Å². The first-order valence-corrected chi connectivity index (χ1v) is 5.75. The van der Waals surface area contributed by atoms with E-state index in [0.717, 1.165) is 21.5 Å². The molecule has 16 heavy (non-hydrogen) atoms. The van der Waals surface area contributed by atoms with Gasteiger partial charge in [0.1, 0.15) is 5.82 Å². The van der Waals surface area contributed by atoms with Crippen LogP contribution in [0.25, 0.3) is 0 Å². The fourth-order valence-corrected chi connectivity index (χ4v) is 1.73. The van der Waals surface area contributed by atoms with Gasteiger partial charge in [0.05, 0.1) is 0 Å². The molecule has 0 aliphatic rings. The van der Waals surface area contributed by atoms with Crippen molar-refractivity contribution in [2.24, 2.45) is 5.73 Å². The van der Waals surface area contributed by atoms with Crippen LogP contribution >= 0.6 is 15.9 Å². The van der Waals surface area contributed by atoms with E-state index in [-0.39, 0.29) is 0 Å². The van der Waals surface area contributed by atoms with Crippen LogP contribution in [0.2, 0.25) is 0 Å². The first-order chi connectivity index (χ1) is 7.78. The van der Waals surface area contributed by atoms with Crippen LogP contribution in [0.1, 0.15) is 5.56 Å². The summed E-state index contributed by atoms with van der Waals surface area (Å²) in [7, 11) is 0. The van der Waals surface area contributed by atoms with Crippen LogP contribution in [0.4, 0.5) is 11.5 Å². The quantitative estimate of drug-likeness (QED) is 0.907. The molecule has 3 N–H and O–H groups in total. The summed E-state index contributed by atoms with van der Waals surface area (Å²) >= 11 is 3.42. The van der Waals surface area contributed by atoms with E-state index in [1.807, 2.05) is 36.4 Å². The van der Waals surface area contributed by atoms with Crippen LogP contribution in [0.3, 0.4) is 0 Å². The molecule has 2 aromatic rings. The number of aromatic nitrogens is 1. The van der Waals surface area contributed by atoms with Crippen LogP contribution < -0.4 is 11.1 Å². The zero-order valence-electron chi connectivity index (χ0n) is 8.65. The summed E-state index contributed by atoms with van der Waals surface area (Å²) in [6.07, 6.45) is 1.78. The Balaban J connectivity index is 2.14. The minimum absolute atomic E-state index is 0.518. The largest absolute Gasteiger partial charge is 0.340 e. The monoisotopic (exact) mass is 277 g/mol. The Kier molecular flexibility index (Phi) is 3.54. The van der Waals surface area contributed by atoms with E-state index in [1.54, 1.807) is 6.20 Å². The average molecular weight is 278 g/mol. The molecule has 0 bridgehead atoms. The SMILES string of the molecule is NCc1ccc(Nc2cccc(Br)c2)nc1. The van der Waals surface area contributed by atoms with E-state index < -0.39 is 0 Å². The van der Waals surface area contributed by atoms with E-state index in [0.29, 0.717) is 6.54 Å². The van der Waals surface area contributed by atoms with Gasteiger partial charge in [0, 0.05) is 22.9 Å². The molecule has 2 rings (SSSR count). The summed E-state index contributed by atoms with van der Waals surface area (Å²) in [6, 6.07) is 11.8. The zero-order chi connectivity index (χ0) is 11.4. The molecule has 0 atom stereocenters. The predicted octanol–water partition coefficient (Wildman–Crippen LogP) is 3.05.